The van der Waals surface area contributed by atoms with Crippen LogP contribution in [0.5, 0.6) is 0 Å². The SMILES string of the molecule is C=Cc1[nH]cc[n+]1CCCCCCCCCCCC. The van der Waals surface area contributed by atoms with Crippen molar-refractivity contribution in [2.45, 2.75) is 77.7 Å². The highest BCUT2D eigenvalue weighted by Gasteiger charge is 2.04. The summed E-state index contributed by atoms with van der Waals surface area (Å²) < 4.78 is 2.25. The molecule has 0 aliphatic rings. The molecule has 0 amide bonds. The number of imidazole rings is 1. The fraction of sp³-hybridized carbons (Fsp3) is 0.706. The normalized spacial score (nSPS) is 10.8. The van der Waals surface area contributed by atoms with Crippen LogP contribution >= 0.6 is 0 Å². The highest BCUT2D eigenvalue weighted by molar-refractivity contribution is 5.31. The lowest BCUT2D eigenvalue weighted by atomic mass is 10.1. The molecule has 0 spiro atoms. The van der Waals surface area contributed by atoms with Crippen molar-refractivity contribution in [3.05, 3.63) is 24.8 Å². The molecule has 19 heavy (non-hydrogen) atoms. The second kappa shape index (κ2) is 10.8. The second-order valence-electron chi connectivity index (χ2n) is 5.42. The second-order valence-corrected chi connectivity index (χ2v) is 5.42. The largest absolute Gasteiger partial charge is 0.278 e. The van der Waals surface area contributed by atoms with Crippen LogP contribution in [0.3, 0.4) is 0 Å². The Hall–Kier alpha value is -1.05. The number of nitrogens with one attached hydrogen (secondary N) is 1. The smallest absolute Gasteiger partial charge is 0.244 e. The van der Waals surface area contributed by atoms with Crippen LogP contribution in [0.1, 0.15) is 77.0 Å². The van der Waals surface area contributed by atoms with Crippen LogP contribution in [0.2, 0.25) is 0 Å². The zero-order valence-corrected chi connectivity index (χ0v) is 12.7. The van der Waals surface area contributed by atoms with Gasteiger partial charge in [-0.25, -0.2) is 9.55 Å². The van der Waals surface area contributed by atoms with Crippen molar-refractivity contribution >= 4 is 6.08 Å². The van der Waals surface area contributed by atoms with Crippen LogP contribution < -0.4 is 4.57 Å². The summed E-state index contributed by atoms with van der Waals surface area (Å²) in [4.78, 5) is 3.19. The highest BCUT2D eigenvalue weighted by Crippen LogP contribution is 2.10. The maximum Gasteiger partial charge on any atom is 0.278 e. The quantitative estimate of drug-likeness (QED) is 0.410. The minimum absolute atomic E-state index is 1.11. The molecule has 0 saturated heterocycles. The van der Waals surface area contributed by atoms with Gasteiger partial charge in [-0.15, -0.1) is 0 Å². The topological polar surface area (TPSA) is 19.7 Å². The van der Waals surface area contributed by atoms with Gasteiger partial charge < -0.3 is 0 Å². The number of rotatable bonds is 12. The van der Waals surface area contributed by atoms with Crippen molar-refractivity contribution in [3.63, 3.8) is 0 Å². The average Bonchev–Trinajstić information content (AvgIpc) is 2.88. The van der Waals surface area contributed by atoms with E-state index in [1.54, 1.807) is 0 Å². The van der Waals surface area contributed by atoms with Gasteiger partial charge >= 0.3 is 0 Å². The summed E-state index contributed by atoms with van der Waals surface area (Å²) in [7, 11) is 0. The Kier molecular flexibility index (Phi) is 9.13. The van der Waals surface area contributed by atoms with Gasteiger partial charge in [-0.05, 0) is 12.8 Å². The lowest BCUT2D eigenvalue weighted by Crippen LogP contribution is -2.34. The number of aryl methyl sites for hydroxylation is 1. The van der Waals surface area contributed by atoms with E-state index < -0.39 is 0 Å². The predicted molar refractivity (Wildman–Crippen MR) is 82.9 cm³/mol. The van der Waals surface area contributed by atoms with Crippen LogP contribution in [0.25, 0.3) is 6.08 Å². The van der Waals surface area contributed by atoms with E-state index in [0.717, 1.165) is 12.4 Å². The van der Waals surface area contributed by atoms with Crippen LogP contribution in [-0.2, 0) is 6.54 Å². The highest BCUT2D eigenvalue weighted by atomic mass is 15.0. The molecule has 108 valence electrons. The molecule has 0 atom stereocenters. The molecule has 1 heterocycles. The zero-order chi connectivity index (χ0) is 13.8. The van der Waals surface area contributed by atoms with Crippen molar-refractivity contribution in [2.75, 3.05) is 0 Å². The fourth-order valence-corrected chi connectivity index (χ4v) is 2.52. The lowest BCUT2D eigenvalue weighted by Gasteiger charge is -2.02. The van der Waals surface area contributed by atoms with Crippen molar-refractivity contribution in [1.82, 2.24) is 4.98 Å². The van der Waals surface area contributed by atoms with Gasteiger partial charge in [0, 0.05) is 6.08 Å². The summed E-state index contributed by atoms with van der Waals surface area (Å²) in [5.74, 6) is 1.12. The summed E-state index contributed by atoms with van der Waals surface area (Å²) in [5.41, 5.74) is 0. The number of aromatic amines is 1. The van der Waals surface area contributed by atoms with Crippen LogP contribution in [0.4, 0.5) is 0 Å². The summed E-state index contributed by atoms with van der Waals surface area (Å²) in [6.45, 7) is 7.20. The Bertz CT molecular complexity index is 328. The van der Waals surface area contributed by atoms with E-state index in [1.165, 1.54) is 64.2 Å². The molecule has 1 rings (SSSR count). The van der Waals surface area contributed by atoms with Crippen molar-refractivity contribution < 1.29 is 4.57 Å². The molecular formula is C17H31N2+. The van der Waals surface area contributed by atoms with Gasteiger partial charge in [0.15, 0.2) is 0 Å². The van der Waals surface area contributed by atoms with Gasteiger partial charge in [0.2, 0.25) is 0 Å². The summed E-state index contributed by atoms with van der Waals surface area (Å²) in [6.07, 6.45) is 19.9. The summed E-state index contributed by atoms with van der Waals surface area (Å²) >= 11 is 0. The van der Waals surface area contributed by atoms with E-state index in [-0.39, 0.29) is 0 Å². The molecule has 0 aliphatic carbocycles. The third-order valence-corrected chi connectivity index (χ3v) is 3.74. The molecule has 0 bridgehead atoms. The molecule has 1 aromatic rings. The van der Waals surface area contributed by atoms with Gasteiger partial charge in [-0.3, -0.25) is 0 Å². The number of unbranched alkanes of at least 4 members (excludes halogenated alkanes) is 9. The first kappa shape index (κ1) is 16.0. The standard InChI is InChI=1S/C17H30N2/c1-3-5-6-7-8-9-10-11-12-13-15-19-16-14-18-17(19)4-2/h4,14,16H,2-3,5-13,15H2,1H3/p+1. The van der Waals surface area contributed by atoms with Crippen LogP contribution in [0, 0.1) is 0 Å². The molecule has 0 aliphatic heterocycles. The Morgan fingerprint density at radius 1 is 1.00 bits per heavy atom. The molecule has 1 aromatic heterocycles. The maximum absolute atomic E-state index is 3.81. The van der Waals surface area contributed by atoms with E-state index in [0.29, 0.717) is 0 Å². The predicted octanol–water partition coefficient (Wildman–Crippen LogP) is 4.87. The van der Waals surface area contributed by atoms with Crippen LogP contribution in [0.15, 0.2) is 19.0 Å². The van der Waals surface area contributed by atoms with Crippen LogP contribution in [-0.4, -0.2) is 4.98 Å². The minimum Gasteiger partial charge on any atom is -0.244 e. The van der Waals surface area contributed by atoms with Crippen molar-refractivity contribution in [1.29, 1.82) is 0 Å². The van der Waals surface area contributed by atoms with Gasteiger partial charge in [-0.1, -0.05) is 64.9 Å². The third kappa shape index (κ3) is 7.19. The molecule has 0 unspecified atom stereocenters. The Labute approximate surface area is 118 Å². The number of H-pyrrole nitrogens is 1. The van der Waals surface area contributed by atoms with Gasteiger partial charge in [-0.2, -0.15) is 0 Å². The van der Waals surface area contributed by atoms with E-state index in [2.05, 4.69) is 29.3 Å². The van der Waals surface area contributed by atoms with E-state index in [1.807, 2.05) is 12.3 Å². The number of hydrogen-bond donors (Lipinski definition) is 1. The van der Waals surface area contributed by atoms with Crippen molar-refractivity contribution in [3.8, 4) is 0 Å². The van der Waals surface area contributed by atoms with E-state index >= 15 is 0 Å². The summed E-state index contributed by atoms with van der Waals surface area (Å²) in [6, 6.07) is 0. The Balaban J connectivity index is 1.90. The minimum atomic E-state index is 1.11. The Morgan fingerprint density at radius 2 is 1.58 bits per heavy atom. The lowest BCUT2D eigenvalue weighted by molar-refractivity contribution is -0.697. The molecule has 0 fully saturated rings. The molecule has 1 N–H and O–H groups in total. The number of aromatic nitrogens is 2. The Morgan fingerprint density at radius 3 is 2.16 bits per heavy atom. The average molecular weight is 263 g/mol. The van der Waals surface area contributed by atoms with Gasteiger partial charge in [0.25, 0.3) is 5.82 Å². The zero-order valence-electron chi connectivity index (χ0n) is 12.7. The first-order valence-corrected chi connectivity index (χ1v) is 8.07. The first-order valence-electron chi connectivity index (χ1n) is 8.07. The molecule has 0 aromatic carbocycles. The molecule has 0 saturated carbocycles. The fourth-order valence-electron chi connectivity index (χ4n) is 2.52. The van der Waals surface area contributed by atoms with Crippen molar-refractivity contribution in [2.24, 2.45) is 0 Å². The first-order chi connectivity index (χ1) is 9.38. The number of hydrogen-bond acceptors (Lipinski definition) is 0. The van der Waals surface area contributed by atoms with Gasteiger partial charge in [0.05, 0.1) is 6.54 Å². The molecule has 0 radical (unpaired) electrons. The molecule has 2 nitrogen and oxygen atoms in total. The third-order valence-electron chi connectivity index (χ3n) is 3.74. The summed E-state index contributed by atoms with van der Waals surface area (Å²) in [5, 5.41) is 0. The van der Waals surface area contributed by atoms with Gasteiger partial charge in [0.1, 0.15) is 12.4 Å². The van der Waals surface area contributed by atoms with E-state index in [9.17, 15) is 0 Å². The number of nitrogens with zero attached hydrogens (tertiary/aromatic N) is 1. The van der Waals surface area contributed by atoms with E-state index in [4.69, 9.17) is 0 Å². The monoisotopic (exact) mass is 263 g/mol. The maximum atomic E-state index is 3.81. The molecule has 2 heteroatoms. The molecular weight excluding hydrogens is 232 g/mol.